The molecule has 10 rings (SSSR count). The van der Waals surface area contributed by atoms with Gasteiger partial charge in [0.1, 0.15) is 0 Å². The number of hydrogen-bond acceptors (Lipinski definition) is 3. The van der Waals surface area contributed by atoms with Crippen molar-refractivity contribution in [3.8, 4) is 67.3 Å². The zero-order valence-corrected chi connectivity index (χ0v) is 29.6. The Hall–Kier alpha value is -6.71. The molecule has 0 N–H and O–H groups in total. The Morgan fingerprint density at radius 3 is 1.81 bits per heavy atom. The zero-order chi connectivity index (χ0) is 35.5. The summed E-state index contributed by atoms with van der Waals surface area (Å²) < 4.78 is 0. The molecule has 3 heteroatoms. The van der Waals surface area contributed by atoms with E-state index in [1.807, 2.05) is 36.7 Å². The molecule has 2 heterocycles. The van der Waals surface area contributed by atoms with Crippen LogP contribution in [0.25, 0.3) is 88.8 Å². The van der Waals surface area contributed by atoms with Crippen LogP contribution < -0.4 is 0 Å². The lowest BCUT2D eigenvalue weighted by Crippen LogP contribution is -2.14. The Morgan fingerprint density at radius 2 is 1.04 bits per heavy atom. The molecular formula is C50H35N3. The first-order valence-electron chi connectivity index (χ1n) is 18.2. The van der Waals surface area contributed by atoms with Crippen LogP contribution in [-0.2, 0) is 5.41 Å². The third-order valence-corrected chi connectivity index (χ3v) is 11.0. The number of fused-ring (bicyclic) bond motifs is 5. The van der Waals surface area contributed by atoms with Gasteiger partial charge in [-0.05, 0) is 84.8 Å². The molecule has 0 spiro atoms. The van der Waals surface area contributed by atoms with Crippen molar-refractivity contribution >= 4 is 21.5 Å². The second kappa shape index (κ2) is 12.2. The molecule has 0 aliphatic heterocycles. The molecule has 0 saturated carbocycles. The van der Waals surface area contributed by atoms with Gasteiger partial charge >= 0.3 is 0 Å². The molecule has 0 unspecified atom stereocenters. The van der Waals surface area contributed by atoms with Crippen molar-refractivity contribution in [2.45, 2.75) is 19.3 Å². The number of rotatable bonds is 5. The summed E-state index contributed by atoms with van der Waals surface area (Å²) >= 11 is 0. The van der Waals surface area contributed by atoms with E-state index >= 15 is 0 Å². The van der Waals surface area contributed by atoms with E-state index in [1.165, 1.54) is 49.5 Å². The van der Waals surface area contributed by atoms with Crippen molar-refractivity contribution in [2.75, 3.05) is 0 Å². The molecule has 7 aromatic carbocycles. The van der Waals surface area contributed by atoms with Crippen molar-refractivity contribution in [1.29, 1.82) is 0 Å². The number of benzene rings is 7. The maximum Gasteiger partial charge on any atom is 0.160 e. The van der Waals surface area contributed by atoms with Crippen molar-refractivity contribution in [2.24, 2.45) is 0 Å². The summed E-state index contributed by atoms with van der Waals surface area (Å²) in [6.07, 6.45) is 3.72. The quantitative estimate of drug-likeness (QED) is 0.182. The summed E-state index contributed by atoms with van der Waals surface area (Å²) in [6.45, 7) is 4.72. The van der Waals surface area contributed by atoms with Crippen LogP contribution in [0.3, 0.4) is 0 Å². The Labute approximate surface area is 309 Å². The normalized spacial score (nSPS) is 12.9. The summed E-state index contributed by atoms with van der Waals surface area (Å²) in [7, 11) is 0. The van der Waals surface area contributed by atoms with E-state index in [9.17, 15) is 0 Å². The van der Waals surface area contributed by atoms with Crippen LogP contribution in [0.4, 0.5) is 0 Å². The molecule has 9 aromatic rings. The van der Waals surface area contributed by atoms with Crippen molar-refractivity contribution < 1.29 is 0 Å². The Bertz CT molecular complexity index is 2860. The van der Waals surface area contributed by atoms with Crippen LogP contribution in [0, 0.1) is 0 Å². The van der Waals surface area contributed by atoms with Gasteiger partial charge in [-0.2, -0.15) is 0 Å². The molecule has 0 saturated heterocycles. The van der Waals surface area contributed by atoms with Crippen LogP contribution in [-0.4, -0.2) is 15.0 Å². The highest BCUT2D eigenvalue weighted by molar-refractivity contribution is 6.08. The Balaban J connectivity index is 1.19. The first-order valence-corrected chi connectivity index (χ1v) is 18.2. The minimum atomic E-state index is -0.113. The fraction of sp³-hybridized carbons (Fsp3) is 0.0600. The van der Waals surface area contributed by atoms with Gasteiger partial charge in [-0.25, -0.2) is 9.97 Å². The van der Waals surface area contributed by atoms with E-state index < -0.39 is 0 Å². The largest absolute Gasteiger partial charge is 0.264 e. The average molecular weight is 678 g/mol. The Morgan fingerprint density at radius 1 is 0.415 bits per heavy atom. The molecule has 0 amide bonds. The highest BCUT2D eigenvalue weighted by Crippen LogP contribution is 2.54. The third kappa shape index (κ3) is 5.08. The number of pyridine rings is 1. The molecule has 0 radical (unpaired) electrons. The van der Waals surface area contributed by atoms with Gasteiger partial charge in [-0.3, -0.25) is 4.98 Å². The second-order valence-electron chi connectivity index (χ2n) is 14.4. The molecule has 53 heavy (non-hydrogen) atoms. The lowest BCUT2D eigenvalue weighted by molar-refractivity contribution is 0.661. The molecule has 1 aliphatic rings. The van der Waals surface area contributed by atoms with Gasteiger partial charge in [0.05, 0.1) is 11.4 Å². The fourth-order valence-corrected chi connectivity index (χ4v) is 8.37. The van der Waals surface area contributed by atoms with E-state index in [0.717, 1.165) is 44.6 Å². The highest BCUT2D eigenvalue weighted by Gasteiger charge is 2.37. The molecule has 0 fully saturated rings. The van der Waals surface area contributed by atoms with E-state index in [-0.39, 0.29) is 5.41 Å². The van der Waals surface area contributed by atoms with Crippen LogP contribution >= 0.6 is 0 Å². The Kier molecular flexibility index (Phi) is 7.16. The van der Waals surface area contributed by atoms with E-state index in [4.69, 9.17) is 9.97 Å². The maximum atomic E-state index is 5.27. The van der Waals surface area contributed by atoms with Gasteiger partial charge in [0, 0.05) is 40.1 Å². The minimum absolute atomic E-state index is 0.113. The molecular weight excluding hydrogens is 643 g/mol. The summed E-state index contributed by atoms with van der Waals surface area (Å²) in [6, 6.07) is 58.6. The fourth-order valence-electron chi connectivity index (χ4n) is 8.37. The smallest absolute Gasteiger partial charge is 0.160 e. The standard InChI is InChI=1S/C50H35N3/c1-50(2)44-24-12-23-42(48(44)43-28-33-16-6-7-17-34(33)29-45(43)50)39-25-26-41(38-21-10-9-20-37(38)39)47-30-46(52-49(53-47)32-14-4-3-5-15-32)40-22-11-8-19-36(40)35-18-13-27-51-31-35/h3-31H,1-2H3. The first-order chi connectivity index (χ1) is 26.0. The first kappa shape index (κ1) is 31.1. The van der Waals surface area contributed by atoms with Crippen molar-refractivity contribution in [3.05, 3.63) is 187 Å². The molecule has 0 bridgehead atoms. The predicted octanol–water partition coefficient (Wildman–Crippen LogP) is 12.8. The van der Waals surface area contributed by atoms with Gasteiger partial charge in [-0.15, -0.1) is 0 Å². The van der Waals surface area contributed by atoms with Gasteiger partial charge < -0.3 is 0 Å². The summed E-state index contributed by atoms with van der Waals surface area (Å²) in [5, 5.41) is 4.90. The average Bonchev–Trinajstić information content (AvgIpc) is 3.45. The van der Waals surface area contributed by atoms with Gasteiger partial charge in [0.15, 0.2) is 5.82 Å². The summed E-state index contributed by atoms with van der Waals surface area (Å²) in [5.41, 5.74) is 14.7. The SMILES string of the molecule is CC1(C)c2cc3ccccc3cc2-c2c(-c3ccc(-c4cc(-c5ccccc5-c5cccnc5)nc(-c5ccccc5)n4)c4ccccc34)cccc21. The monoisotopic (exact) mass is 677 g/mol. The second-order valence-corrected chi connectivity index (χ2v) is 14.4. The third-order valence-electron chi connectivity index (χ3n) is 11.0. The zero-order valence-electron chi connectivity index (χ0n) is 29.6. The maximum absolute atomic E-state index is 5.27. The van der Waals surface area contributed by atoms with Gasteiger partial charge in [0.25, 0.3) is 0 Å². The summed E-state index contributed by atoms with van der Waals surface area (Å²) in [5.74, 6) is 0.694. The van der Waals surface area contributed by atoms with Crippen LogP contribution in [0.5, 0.6) is 0 Å². The van der Waals surface area contributed by atoms with Crippen molar-refractivity contribution in [3.63, 3.8) is 0 Å². The topological polar surface area (TPSA) is 38.7 Å². The summed E-state index contributed by atoms with van der Waals surface area (Å²) in [4.78, 5) is 14.9. The van der Waals surface area contributed by atoms with E-state index in [2.05, 4.69) is 158 Å². The molecule has 3 nitrogen and oxygen atoms in total. The molecule has 1 aliphatic carbocycles. The van der Waals surface area contributed by atoms with E-state index in [1.54, 1.807) is 0 Å². The number of hydrogen-bond donors (Lipinski definition) is 0. The van der Waals surface area contributed by atoms with Crippen LogP contribution in [0.1, 0.15) is 25.0 Å². The molecule has 250 valence electrons. The highest BCUT2D eigenvalue weighted by atomic mass is 14.9. The van der Waals surface area contributed by atoms with Crippen molar-refractivity contribution in [1.82, 2.24) is 15.0 Å². The van der Waals surface area contributed by atoms with E-state index in [0.29, 0.717) is 5.82 Å². The van der Waals surface area contributed by atoms with Gasteiger partial charge in [-0.1, -0.05) is 153 Å². The minimum Gasteiger partial charge on any atom is -0.264 e. The lowest BCUT2D eigenvalue weighted by atomic mass is 9.81. The molecule has 2 aromatic heterocycles. The van der Waals surface area contributed by atoms with Crippen LogP contribution in [0.2, 0.25) is 0 Å². The lowest BCUT2D eigenvalue weighted by Gasteiger charge is -2.22. The number of nitrogens with zero attached hydrogens (tertiary/aromatic N) is 3. The van der Waals surface area contributed by atoms with Crippen LogP contribution in [0.15, 0.2) is 176 Å². The predicted molar refractivity (Wildman–Crippen MR) is 220 cm³/mol. The van der Waals surface area contributed by atoms with Gasteiger partial charge in [0.2, 0.25) is 0 Å². The molecule has 0 atom stereocenters. The number of aromatic nitrogens is 3.